The lowest BCUT2D eigenvalue weighted by molar-refractivity contribution is 0.819. The van der Waals surface area contributed by atoms with Crippen molar-refractivity contribution in [2.75, 3.05) is 0 Å². The number of nitrogens with one attached hydrogen (secondary N) is 1. The third-order valence-electron chi connectivity index (χ3n) is 2.24. The van der Waals surface area contributed by atoms with E-state index in [2.05, 4.69) is 36.4 Å². The molecule has 1 aromatic rings. The minimum Gasteiger partial charge on any atom is -0.308 e. The molecule has 0 saturated carbocycles. The van der Waals surface area contributed by atoms with Gasteiger partial charge in [0.1, 0.15) is 5.84 Å². The Morgan fingerprint density at radius 2 is 1.80 bits per heavy atom. The first-order valence-corrected chi connectivity index (χ1v) is 5.17. The molecule has 3 N–H and O–H groups in total. The van der Waals surface area contributed by atoms with Crippen LogP contribution in [0.1, 0.15) is 30.5 Å². The molecule has 0 saturated heterocycles. The van der Waals surface area contributed by atoms with Crippen molar-refractivity contribution in [3.63, 3.8) is 0 Å². The molecule has 0 amide bonds. The third kappa shape index (κ3) is 2.80. The number of aliphatic imine (C=N–C) groups is 1. The van der Waals surface area contributed by atoms with Gasteiger partial charge in [-0.05, 0) is 38.8 Å². The summed E-state index contributed by atoms with van der Waals surface area (Å²) in [4.78, 5) is 4.47. The van der Waals surface area contributed by atoms with Crippen molar-refractivity contribution in [1.29, 1.82) is 0 Å². The standard InChI is InChI=1S/C12H19N3/c1-8(2)14-12(15-13)11-9(3)6-5-7-10(11)4/h5-8H,13H2,1-4H3,(H,14,15). The second-order valence-electron chi connectivity index (χ2n) is 3.98. The SMILES string of the molecule is Cc1cccc(C)c1C(=NC(C)C)NN. The van der Waals surface area contributed by atoms with Gasteiger partial charge in [-0.15, -0.1) is 0 Å². The molecule has 0 aliphatic carbocycles. The van der Waals surface area contributed by atoms with Crippen LogP contribution >= 0.6 is 0 Å². The zero-order valence-electron chi connectivity index (χ0n) is 9.83. The van der Waals surface area contributed by atoms with Gasteiger partial charge in [0, 0.05) is 11.6 Å². The van der Waals surface area contributed by atoms with Gasteiger partial charge in [-0.3, -0.25) is 4.99 Å². The van der Waals surface area contributed by atoms with E-state index in [1.807, 2.05) is 19.9 Å². The van der Waals surface area contributed by atoms with Crippen LogP contribution in [0.5, 0.6) is 0 Å². The number of hydrogen-bond donors (Lipinski definition) is 2. The highest BCUT2D eigenvalue weighted by Crippen LogP contribution is 2.13. The molecular formula is C12H19N3. The summed E-state index contributed by atoms with van der Waals surface area (Å²) in [6.07, 6.45) is 0. The molecule has 0 fully saturated rings. The Labute approximate surface area is 91.4 Å². The van der Waals surface area contributed by atoms with Crippen LogP contribution in [-0.2, 0) is 0 Å². The van der Waals surface area contributed by atoms with E-state index in [1.165, 1.54) is 11.1 Å². The van der Waals surface area contributed by atoms with E-state index in [-0.39, 0.29) is 6.04 Å². The molecule has 1 rings (SSSR count). The Morgan fingerprint density at radius 1 is 1.27 bits per heavy atom. The van der Waals surface area contributed by atoms with Crippen molar-refractivity contribution >= 4 is 5.84 Å². The number of hydrazine groups is 1. The Hall–Kier alpha value is -1.35. The van der Waals surface area contributed by atoms with Crippen molar-refractivity contribution in [3.05, 3.63) is 34.9 Å². The van der Waals surface area contributed by atoms with Crippen molar-refractivity contribution in [3.8, 4) is 0 Å². The maximum absolute atomic E-state index is 5.51. The summed E-state index contributed by atoms with van der Waals surface area (Å²) in [5.74, 6) is 6.27. The first-order valence-electron chi connectivity index (χ1n) is 5.17. The van der Waals surface area contributed by atoms with Gasteiger partial charge >= 0.3 is 0 Å². The summed E-state index contributed by atoms with van der Waals surface area (Å²) in [5, 5.41) is 0. The van der Waals surface area contributed by atoms with Crippen LogP contribution in [0.4, 0.5) is 0 Å². The second-order valence-corrected chi connectivity index (χ2v) is 3.98. The lowest BCUT2D eigenvalue weighted by atomic mass is 10.0. The molecule has 1 aromatic carbocycles. The summed E-state index contributed by atoms with van der Waals surface area (Å²) in [6, 6.07) is 6.40. The van der Waals surface area contributed by atoms with Gasteiger partial charge in [-0.1, -0.05) is 18.2 Å². The van der Waals surface area contributed by atoms with Gasteiger partial charge < -0.3 is 5.43 Å². The Balaban J connectivity index is 3.24. The monoisotopic (exact) mass is 205 g/mol. The number of amidine groups is 1. The van der Waals surface area contributed by atoms with Gasteiger partial charge in [0.2, 0.25) is 0 Å². The van der Waals surface area contributed by atoms with Gasteiger partial charge in [-0.2, -0.15) is 0 Å². The van der Waals surface area contributed by atoms with Crippen molar-refractivity contribution in [1.82, 2.24) is 5.43 Å². The minimum absolute atomic E-state index is 0.232. The molecule has 82 valence electrons. The minimum atomic E-state index is 0.232. The maximum Gasteiger partial charge on any atom is 0.143 e. The van der Waals surface area contributed by atoms with Crippen LogP contribution in [0.2, 0.25) is 0 Å². The topological polar surface area (TPSA) is 50.4 Å². The van der Waals surface area contributed by atoms with Gasteiger partial charge in [0.05, 0.1) is 0 Å². The van der Waals surface area contributed by atoms with Crippen LogP contribution < -0.4 is 11.3 Å². The first-order chi connectivity index (χ1) is 7.06. The Morgan fingerprint density at radius 3 is 2.20 bits per heavy atom. The number of aryl methyl sites for hydroxylation is 2. The van der Waals surface area contributed by atoms with Crippen LogP contribution in [0.25, 0.3) is 0 Å². The highest BCUT2D eigenvalue weighted by atomic mass is 15.3. The van der Waals surface area contributed by atoms with Gasteiger partial charge in [-0.25, -0.2) is 5.84 Å². The molecule has 15 heavy (non-hydrogen) atoms. The maximum atomic E-state index is 5.51. The molecule has 0 aliphatic rings. The number of rotatable bonds is 2. The molecule has 0 unspecified atom stereocenters. The van der Waals surface area contributed by atoms with E-state index in [0.717, 1.165) is 11.4 Å². The predicted molar refractivity (Wildman–Crippen MR) is 64.9 cm³/mol. The highest BCUT2D eigenvalue weighted by Gasteiger charge is 2.08. The lowest BCUT2D eigenvalue weighted by Gasteiger charge is -2.13. The molecule has 0 aromatic heterocycles. The van der Waals surface area contributed by atoms with Crippen molar-refractivity contribution in [2.24, 2.45) is 10.8 Å². The molecular weight excluding hydrogens is 186 g/mol. The predicted octanol–water partition coefficient (Wildman–Crippen LogP) is 1.92. The molecule has 0 bridgehead atoms. The smallest absolute Gasteiger partial charge is 0.143 e. The van der Waals surface area contributed by atoms with Crippen LogP contribution in [-0.4, -0.2) is 11.9 Å². The van der Waals surface area contributed by atoms with Crippen LogP contribution in [0.3, 0.4) is 0 Å². The normalized spacial score (nSPS) is 12.0. The van der Waals surface area contributed by atoms with Crippen molar-refractivity contribution < 1.29 is 0 Å². The first kappa shape index (κ1) is 11.7. The number of benzene rings is 1. The summed E-state index contributed by atoms with van der Waals surface area (Å²) in [6.45, 7) is 8.20. The summed E-state index contributed by atoms with van der Waals surface area (Å²) < 4.78 is 0. The number of nitrogens with two attached hydrogens (primary N) is 1. The van der Waals surface area contributed by atoms with E-state index in [0.29, 0.717) is 0 Å². The van der Waals surface area contributed by atoms with Gasteiger partial charge in [0.25, 0.3) is 0 Å². The molecule has 0 radical (unpaired) electrons. The van der Waals surface area contributed by atoms with Gasteiger partial charge in [0.15, 0.2) is 0 Å². The van der Waals surface area contributed by atoms with Crippen LogP contribution in [0, 0.1) is 13.8 Å². The number of hydrogen-bond acceptors (Lipinski definition) is 2. The van der Waals surface area contributed by atoms with E-state index >= 15 is 0 Å². The third-order valence-corrected chi connectivity index (χ3v) is 2.24. The quantitative estimate of drug-likeness (QED) is 0.335. The average Bonchev–Trinajstić information content (AvgIpc) is 2.15. The summed E-state index contributed by atoms with van der Waals surface area (Å²) in [5.41, 5.74) is 6.16. The molecule has 0 atom stereocenters. The second kappa shape index (κ2) is 4.94. The molecule has 3 heteroatoms. The molecule has 0 spiro atoms. The molecule has 0 aliphatic heterocycles. The van der Waals surface area contributed by atoms with E-state index in [9.17, 15) is 0 Å². The molecule has 0 heterocycles. The zero-order chi connectivity index (χ0) is 11.4. The average molecular weight is 205 g/mol. The van der Waals surface area contributed by atoms with E-state index < -0.39 is 0 Å². The van der Waals surface area contributed by atoms with E-state index in [1.54, 1.807) is 0 Å². The summed E-state index contributed by atoms with van der Waals surface area (Å²) >= 11 is 0. The van der Waals surface area contributed by atoms with Crippen molar-refractivity contribution in [2.45, 2.75) is 33.7 Å². The fourth-order valence-corrected chi connectivity index (χ4v) is 1.62. The highest BCUT2D eigenvalue weighted by molar-refractivity contribution is 6.01. The zero-order valence-corrected chi connectivity index (χ0v) is 9.83. The van der Waals surface area contributed by atoms with E-state index in [4.69, 9.17) is 5.84 Å². The Bertz CT molecular complexity index is 347. The lowest BCUT2D eigenvalue weighted by Crippen LogP contribution is -2.33. The number of nitrogens with zero attached hydrogens (tertiary/aromatic N) is 1. The Kier molecular flexibility index (Phi) is 3.86. The fourth-order valence-electron chi connectivity index (χ4n) is 1.62. The summed E-state index contributed by atoms with van der Waals surface area (Å²) in [7, 11) is 0. The van der Waals surface area contributed by atoms with Crippen LogP contribution in [0.15, 0.2) is 23.2 Å². The molecule has 3 nitrogen and oxygen atoms in total. The fraction of sp³-hybridized carbons (Fsp3) is 0.417. The largest absolute Gasteiger partial charge is 0.308 e.